The van der Waals surface area contributed by atoms with E-state index in [-0.39, 0.29) is 0 Å². The number of aromatic amines is 1. The third-order valence-electron chi connectivity index (χ3n) is 3.37. The third-order valence-corrected chi connectivity index (χ3v) is 4.87. The number of benzene rings is 1. The minimum atomic E-state index is 0.660. The summed E-state index contributed by atoms with van der Waals surface area (Å²) in [4.78, 5) is 0. The number of H-pyrrole nitrogens is 1. The van der Waals surface area contributed by atoms with Gasteiger partial charge in [0.05, 0.1) is 10.2 Å². The molecule has 1 saturated carbocycles. The van der Waals surface area contributed by atoms with Crippen LogP contribution in [0.25, 0.3) is 11.3 Å². The van der Waals surface area contributed by atoms with E-state index in [0.717, 1.165) is 20.2 Å². The number of halogens is 2. The molecule has 0 atom stereocenters. The van der Waals surface area contributed by atoms with Crippen LogP contribution in [-0.2, 0) is 0 Å². The maximum Gasteiger partial charge on any atom is 0.108 e. The van der Waals surface area contributed by atoms with Crippen molar-refractivity contribution in [3.63, 3.8) is 0 Å². The molecule has 0 aliphatic heterocycles. The lowest BCUT2D eigenvalue weighted by molar-refractivity contribution is 0.409. The van der Waals surface area contributed by atoms with E-state index >= 15 is 0 Å². The lowest BCUT2D eigenvalue weighted by atomic mass is 9.83. The Bertz CT molecular complexity index is 544. The van der Waals surface area contributed by atoms with Crippen molar-refractivity contribution in [3.05, 3.63) is 38.9 Å². The average Bonchev–Trinajstić information content (AvgIpc) is 2.60. The second-order valence-corrected chi connectivity index (χ2v) is 6.05. The van der Waals surface area contributed by atoms with Crippen molar-refractivity contribution < 1.29 is 0 Å². The number of hydrogen-bond donors (Lipinski definition) is 1. The summed E-state index contributed by atoms with van der Waals surface area (Å²) >= 11 is 7.25. The van der Waals surface area contributed by atoms with Crippen molar-refractivity contribution in [3.8, 4) is 11.3 Å². The van der Waals surface area contributed by atoms with Gasteiger partial charge in [0.1, 0.15) is 5.69 Å². The van der Waals surface area contributed by atoms with E-state index in [0.29, 0.717) is 5.92 Å². The normalized spacial score (nSPS) is 15.9. The molecule has 2 nitrogen and oxygen atoms in total. The molecule has 0 unspecified atom stereocenters. The zero-order valence-corrected chi connectivity index (χ0v) is 12.4. The molecule has 88 valence electrons. The summed E-state index contributed by atoms with van der Waals surface area (Å²) < 4.78 is 2.20. The highest BCUT2D eigenvalue weighted by atomic mass is 79.9. The van der Waals surface area contributed by atoms with Gasteiger partial charge in [-0.2, -0.15) is 5.10 Å². The fourth-order valence-electron chi connectivity index (χ4n) is 2.14. The first-order chi connectivity index (χ1) is 8.27. The van der Waals surface area contributed by atoms with Crippen molar-refractivity contribution in [1.29, 1.82) is 0 Å². The number of nitrogens with zero attached hydrogens (tertiary/aromatic N) is 1. The first-order valence-corrected chi connectivity index (χ1v) is 7.34. The average molecular weight is 356 g/mol. The number of rotatable bonds is 2. The Hall–Kier alpha value is -0.610. The largest absolute Gasteiger partial charge is 0.280 e. The fourth-order valence-corrected chi connectivity index (χ4v) is 3.33. The molecule has 1 aromatic carbocycles. The van der Waals surface area contributed by atoms with Crippen LogP contribution in [0.15, 0.2) is 33.2 Å². The Balaban J connectivity index is 2.04. The van der Waals surface area contributed by atoms with Gasteiger partial charge in [-0.3, -0.25) is 5.10 Å². The summed E-state index contributed by atoms with van der Waals surface area (Å²) in [5.41, 5.74) is 3.38. The van der Waals surface area contributed by atoms with E-state index in [1.165, 1.54) is 25.0 Å². The standard InChI is InChI=1S/C13H12Br2N2/c14-10-7-2-1-6-9(10)13-11(15)12(16-17-13)8-4-3-5-8/h1-2,6-8H,3-5H2,(H,16,17). The second kappa shape index (κ2) is 4.58. The van der Waals surface area contributed by atoms with Crippen LogP contribution in [0.1, 0.15) is 30.9 Å². The molecule has 17 heavy (non-hydrogen) atoms. The van der Waals surface area contributed by atoms with Crippen molar-refractivity contribution in [2.24, 2.45) is 0 Å². The zero-order valence-electron chi connectivity index (χ0n) is 9.21. The Labute approximate surface area is 117 Å². The van der Waals surface area contributed by atoms with Gasteiger partial charge in [-0.1, -0.05) is 40.5 Å². The van der Waals surface area contributed by atoms with Gasteiger partial charge in [0.2, 0.25) is 0 Å². The van der Waals surface area contributed by atoms with Gasteiger partial charge in [-0.25, -0.2) is 0 Å². The van der Waals surface area contributed by atoms with E-state index in [2.05, 4.69) is 48.1 Å². The van der Waals surface area contributed by atoms with Crippen molar-refractivity contribution in [1.82, 2.24) is 10.2 Å². The minimum Gasteiger partial charge on any atom is -0.280 e. The summed E-state index contributed by atoms with van der Waals surface area (Å²) in [5.74, 6) is 0.660. The predicted molar refractivity (Wildman–Crippen MR) is 76.0 cm³/mol. The molecule has 0 spiro atoms. The van der Waals surface area contributed by atoms with Gasteiger partial charge in [0.15, 0.2) is 0 Å². The van der Waals surface area contributed by atoms with Crippen LogP contribution in [-0.4, -0.2) is 10.2 Å². The summed E-state index contributed by atoms with van der Waals surface area (Å²) in [7, 11) is 0. The van der Waals surface area contributed by atoms with Crippen LogP contribution < -0.4 is 0 Å². The predicted octanol–water partition coefficient (Wildman–Crippen LogP) is 4.87. The van der Waals surface area contributed by atoms with E-state index in [4.69, 9.17) is 0 Å². The second-order valence-electron chi connectivity index (χ2n) is 4.41. The molecule has 1 aliphatic rings. The van der Waals surface area contributed by atoms with Gasteiger partial charge < -0.3 is 0 Å². The van der Waals surface area contributed by atoms with Crippen LogP contribution in [0.4, 0.5) is 0 Å². The number of hydrogen-bond acceptors (Lipinski definition) is 1. The van der Waals surface area contributed by atoms with E-state index in [1.807, 2.05) is 18.2 Å². The molecule has 0 radical (unpaired) electrons. The highest BCUT2D eigenvalue weighted by Crippen LogP contribution is 2.42. The van der Waals surface area contributed by atoms with Crippen molar-refractivity contribution in [2.45, 2.75) is 25.2 Å². The summed E-state index contributed by atoms with van der Waals surface area (Å²) in [6.07, 6.45) is 3.88. The number of nitrogens with one attached hydrogen (secondary N) is 1. The topological polar surface area (TPSA) is 28.7 Å². The highest BCUT2D eigenvalue weighted by Gasteiger charge is 2.25. The van der Waals surface area contributed by atoms with Gasteiger partial charge in [-0.15, -0.1) is 0 Å². The smallest absolute Gasteiger partial charge is 0.108 e. The SMILES string of the molecule is Brc1ccccc1-c1n[nH]c(C2CCC2)c1Br. The first kappa shape index (κ1) is 11.5. The lowest BCUT2D eigenvalue weighted by Gasteiger charge is -2.24. The zero-order chi connectivity index (χ0) is 11.8. The minimum absolute atomic E-state index is 0.660. The molecule has 0 bridgehead atoms. The first-order valence-electron chi connectivity index (χ1n) is 5.76. The maximum atomic E-state index is 4.45. The van der Waals surface area contributed by atoms with Gasteiger partial charge in [-0.05, 0) is 34.8 Å². The van der Waals surface area contributed by atoms with Crippen molar-refractivity contribution >= 4 is 31.9 Å². The van der Waals surface area contributed by atoms with Gasteiger partial charge >= 0.3 is 0 Å². The molecule has 4 heteroatoms. The molecular formula is C13H12Br2N2. The molecule has 3 rings (SSSR count). The number of aromatic nitrogens is 2. The van der Waals surface area contributed by atoms with Crippen LogP contribution in [0.5, 0.6) is 0 Å². The van der Waals surface area contributed by atoms with Crippen molar-refractivity contribution in [2.75, 3.05) is 0 Å². The van der Waals surface area contributed by atoms with E-state index in [1.54, 1.807) is 0 Å². The van der Waals surface area contributed by atoms with Crippen LogP contribution in [0.3, 0.4) is 0 Å². The molecular weight excluding hydrogens is 344 g/mol. The quantitative estimate of drug-likeness (QED) is 0.817. The lowest BCUT2D eigenvalue weighted by Crippen LogP contribution is -2.09. The molecule has 1 aliphatic carbocycles. The highest BCUT2D eigenvalue weighted by molar-refractivity contribution is 9.11. The Morgan fingerprint density at radius 3 is 2.59 bits per heavy atom. The fraction of sp³-hybridized carbons (Fsp3) is 0.308. The maximum absolute atomic E-state index is 4.45. The molecule has 1 aromatic heterocycles. The monoisotopic (exact) mass is 354 g/mol. The Kier molecular flexibility index (Phi) is 3.09. The molecule has 1 heterocycles. The molecule has 2 aromatic rings. The summed E-state index contributed by atoms with van der Waals surface area (Å²) in [5, 5.41) is 7.63. The molecule has 1 fully saturated rings. The molecule has 1 N–H and O–H groups in total. The Morgan fingerprint density at radius 2 is 1.94 bits per heavy atom. The molecule has 0 amide bonds. The van der Waals surface area contributed by atoms with Crippen LogP contribution >= 0.6 is 31.9 Å². The third kappa shape index (κ3) is 1.97. The van der Waals surface area contributed by atoms with Crippen LogP contribution in [0.2, 0.25) is 0 Å². The van der Waals surface area contributed by atoms with E-state index < -0.39 is 0 Å². The molecule has 0 saturated heterocycles. The van der Waals surface area contributed by atoms with Crippen LogP contribution in [0, 0.1) is 0 Å². The van der Waals surface area contributed by atoms with E-state index in [9.17, 15) is 0 Å². The van der Waals surface area contributed by atoms with Gasteiger partial charge in [0, 0.05) is 16.0 Å². The van der Waals surface area contributed by atoms with Gasteiger partial charge in [0.25, 0.3) is 0 Å². The Morgan fingerprint density at radius 1 is 1.18 bits per heavy atom. The summed E-state index contributed by atoms with van der Waals surface area (Å²) in [6.45, 7) is 0. The summed E-state index contributed by atoms with van der Waals surface area (Å²) in [6, 6.07) is 8.17.